The lowest BCUT2D eigenvalue weighted by molar-refractivity contribution is 0.0988. The molecule has 0 spiro atoms. The maximum atomic E-state index is 12.3. The summed E-state index contributed by atoms with van der Waals surface area (Å²) in [5, 5.41) is 9.06. The molecule has 1 aromatic carbocycles. The number of aromatic nitrogens is 1. The van der Waals surface area contributed by atoms with Crippen molar-refractivity contribution >= 4 is 17.3 Å². The molecule has 1 heterocycles. The molecule has 2 aromatic rings. The first-order valence-electron chi connectivity index (χ1n) is 5.87. The van der Waals surface area contributed by atoms with Gasteiger partial charge in [0.25, 0.3) is 5.91 Å². The third kappa shape index (κ3) is 2.58. The van der Waals surface area contributed by atoms with Crippen LogP contribution in [-0.2, 0) is 0 Å². The summed E-state index contributed by atoms with van der Waals surface area (Å²) >= 11 is 0. The van der Waals surface area contributed by atoms with Gasteiger partial charge in [-0.15, -0.1) is 0 Å². The zero-order valence-electron chi connectivity index (χ0n) is 10.9. The maximum absolute atomic E-state index is 12.3. The highest BCUT2D eigenvalue weighted by Gasteiger charge is 2.17. The minimum atomic E-state index is -0.295. The average Bonchev–Trinajstić information content (AvgIpc) is 2.53. The lowest BCUT2D eigenvalue weighted by atomic mass is 10.1. The largest absolute Gasteiger partial charge is 0.323 e. The van der Waals surface area contributed by atoms with E-state index in [9.17, 15) is 4.79 Å². The Morgan fingerprint density at radius 3 is 2.70 bits per heavy atom. The topological polar surface area (TPSA) is 95.0 Å². The summed E-state index contributed by atoms with van der Waals surface area (Å²) in [7, 11) is 1.61. The van der Waals surface area contributed by atoms with E-state index in [-0.39, 0.29) is 11.6 Å². The molecule has 0 saturated heterocycles. The van der Waals surface area contributed by atoms with Gasteiger partial charge in [-0.3, -0.25) is 10.6 Å². The predicted octanol–water partition coefficient (Wildman–Crippen LogP) is 1.52. The second-order valence-corrected chi connectivity index (χ2v) is 4.07. The van der Waals surface area contributed by atoms with E-state index in [2.05, 4.69) is 16.5 Å². The van der Waals surface area contributed by atoms with E-state index < -0.39 is 0 Å². The number of pyridine rings is 1. The van der Waals surface area contributed by atoms with E-state index in [1.165, 1.54) is 11.1 Å². The molecule has 0 aliphatic heterocycles. The third-order valence-electron chi connectivity index (χ3n) is 2.84. The van der Waals surface area contributed by atoms with Gasteiger partial charge in [0.05, 0.1) is 23.1 Å². The lowest BCUT2D eigenvalue weighted by Gasteiger charge is -2.18. The summed E-state index contributed by atoms with van der Waals surface area (Å²) in [6, 6.07) is 12.2. The molecule has 0 bridgehead atoms. The molecule has 6 heteroatoms. The minimum absolute atomic E-state index is 0.277. The summed E-state index contributed by atoms with van der Waals surface area (Å²) in [6.45, 7) is 0. The van der Waals surface area contributed by atoms with Gasteiger partial charge in [0.1, 0.15) is 11.8 Å². The molecule has 0 fully saturated rings. The van der Waals surface area contributed by atoms with Crippen LogP contribution in [0.15, 0.2) is 42.6 Å². The molecule has 1 aromatic heterocycles. The summed E-state index contributed by atoms with van der Waals surface area (Å²) in [5.41, 5.74) is 4.31. The molecule has 1 amide bonds. The molecule has 2 rings (SSSR count). The van der Waals surface area contributed by atoms with E-state index in [0.717, 1.165) is 0 Å². The van der Waals surface area contributed by atoms with Gasteiger partial charge in [0.2, 0.25) is 0 Å². The number of carbonyl (C=O) groups excluding carboxylic acids is 1. The van der Waals surface area contributed by atoms with Gasteiger partial charge in [-0.05, 0) is 24.3 Å². The Bertz CT molecular complexity index is 660. The first-order chi connectivity index (χ1) is 9.67. The summed E-state index contributed by atoms with van der Waals surface area (Å²) in [6.07, 6.45) is 1.47. The Labute approximate surface area is 116 Å². The number of hydrazine groups is 1. The number of carbonyl (C=O) groups is 1. The number of nitrogen functional groups attached to an aromatic ring is 1. The van der Waals surface area contributed by atoms with Gasteiger partial charge < -0.3 is 10.3 Å². The van der Waals surface area contributed by atoms with Gasteiger partial charge in [-0.1, -0.05) is 12.1 Å². The van der Waals surface area contributed by atoms with Crippen molar-refractivity contribution in [3.63, 3.8) is 0 Å². The number of nitrogens with two attached hydrogens (primary N) is 1. The van der Waals surface area contributed by atoms with Crippen molar-refractivity contribution in [2.24, 2.45) is 5.84 Å². The molecule has 6 nitrogen and oxygen atoms in total. The number of hydrogen-bond donors (Lipinski definition) is 2. The Balaban J connectivity index is 2.30. The molecule has 3 N–H and O–H groups in total. The quantitative estimate of drug-likeness (QED) is 0.649. The zero-order valence-corrected chi connectivity index (χ0v) is 10.9. The molecular formula is C14H13N5O. The van der Waals surface area contributed by atoms with Crippen LogP contribution < -0.4 is 16.2 Å². The SMILES string of the molecule is CN(C(=O)c1ccc(NN)cn1)c1ccccc1C#N. The smallest absolute Gasteiger partial charge is 0.276 e. The van der Waals surface area contributed by atoms with Crippen LogP contribution in [0.1, 0.15) is 16.1 Å². The van der Waals surface area contributed by atoms with Crippen molar-refractivity contribution in [2.75, 3.05) is 17.4 Å². The van der Waals surface area contributed by atoms with E-state index in [1.54, 1.807) is 43.4 Å². The van der Waals surface area contributed by atoms with Crippen LogP contribution in [0.4, 0.5) is 11.4 Å². The molecule has 20 heavy (non-hydrogen) atoms. The number of hydrogen-bond acceptors (Lipinski definition) is 5. The molecule has 0 aliphatic carbocycles. The monoisotopic (exact) mass is 267 g/mol. The number of amides is 1. The van der Waals surface area contributed by atoms with Crippen LogP contribution in [0.2, 0.25) is 0 Å². The molecule has 0 unspecified atom stereocenters. The fourth-order valence-electron chi connectivity index (χ4n) is 1.75. The number of anilines is 2. The molecule has 0 saturated carbocycles. The first-order valence-corrected chi connectivity index (χ1v) is 5.87. The van der Waals surface area contributed by atoms with Crippen molar-refractivity contribution in [1.29, 1.82) is 5.26 Å². The van der Waals surface area contributed by atoms with Crippen LogP contribution in [0.5, 0.6) is 0 Å². The lowest BCUT2D eigenvalue weighted by Crippen LogP contribution is -2.27. The molecule has 0 aliphatic rings. The zero-order chi connectivity index (χ0) is 14.5. The van der Waals surface area contributed by atoms with Gasteiger partial charge in [-0.25, -0.2) is 4.98 Å². The fourth-order valence-corrected chi connectivity index (χ4v) is 1.75. The number of nitrogens with zero attached hydrogens (tertiary/aromatic N) is 3. The number of benzene rings is 1. The number of rotatable bonds is 3. The number of nitrogens with one attached hydrogen (secondary N) is 1. The Kier molecular flexibility index (Phi) is 3.93. The number of para-hydroxylation sites is 1. The van der Waals surface area contributed by atoms with Crippen LogP contribution >= 0.6 is 0 Å². The van der Waals surface area contributed by atoms with Crippen molar-refractivity contribution in [2.45, 2.75) is 0 Å². The Morgan fingerprint density at radius 1 is 1.35 bits per heavy atom. The summed E-state index contributed by atoms with van der Waals surface area (Å²) in [4.78, 5) is 17.7. The van der Waals surface area contributed by atoms with Gasteiger partial charge >= 0.3 is 0 Å². The molecule has 0 atom stereocenters. The van der Waals surface area contributed by atoms with Crippen molar-refractivity contribution in [1.82, 2.24) is 4.98 Å². The minimum Gasteiger partial charge on any atom is -0.323 e. The highest BCUT2D eigenvalue weighted by molar-refractivity contribution is 6.05. The summed E-state index contributed by atoms with van der Waals surface area (Å²) < 4.78 is 0. The van der Waals surface area contributed by atoms with Crippen LogP contribution in [0, 0.1) is 11.3 Å². The summed E-state index contributed by atoms with van der Waals surface area (Å²) in [5.74, 6) is 4.95. The fraction of sp³-hybridized carbons (Fsp3) is 0.0714. The number of nitriles is 1. The molecule has 0 radical (unpaired) electrons. The third-order valence-corrected chi connectivity index (χ3v) is 2.84. The van der Waals surface area contributed by atoms with E-state index in [4.69, 9.17) is 11.1 Å². The molecule has 100 valence electrons. The van der Waals surface area contributed by atoms with Crippen LogP contribution in [-0.4, -0.2) is 17.9 Å². The van der Waals surface area contributed by atoms with Crippen molar-refractivity contribution < 1.29 is 4.79 Å². The van der Waals surface area contributed by atoms with Crippen molar-refractivity contribution in [3.8, 4) is 6.07 Å². The van der Waals surface area contributed by atoms with Gasteiger partial charge in [-0.2, -0.15) is 5.26 Å². The average molecular weight is 267 g/mol. The van der Waals surface area contributed by atoms with E-state index >= 15 is 0 Å². The standard InChI is InChI=1S/C14H13N5O/c1-19(13-5-3-2-4-10(13)8-15)14(20)12-7-6-11(18-16)9-17-12/h2-7,9,18H,16H2,1H3. The maximum Gasteiger partial charge on any atom is 0.276 e. The van der Waals surface area contributed by atoms with E-state index in [1.807, 2.05) is 0 Å². The van der Waals surface area contributed by atoms with Gasteiger partial charge in [0.15, 0.2) is 0 Å². The van der Waals surface area contributed by atoms with Crippen molar-refractivity contribution in [3.05, 3.63) is 53.9 Å². The highest BCUT2D eigenvalue weighted by Crippen LogP contribution is 2.20. The second kappa shape index (κ2) is 5.82. The second-order valence-electron chi connectivity index (χ2n) is 4.07. The normalized spacial score (nSPS) is 9.65. The Hall–Kier alpha value is -2.91. The molecular weight excluding hydrogens is 254 g/mol. The van der Waals surface area contributed by atoms with Gasteiger partial charge in [0, 0.05) is 7.05 Å². The first kappa shape index (κ1) is 13.5. The van der Waals surface area contributed by atoms with Crippen LogP contribution in [0.25, 0.3) is 0 Å². The van der Waals surface area contributed by atoms with E-state index in [0.29, 0.717) is 16.9 Å². The van der Waals surface area contributed by atoms with Crippen LogP contribution in [0.3, 0.4) is 0 Å². The highest BCUT2D eigenvalue weighted by atomic mass is 16.2. The predicted molar refractivity (Wildman–Crippen MR) is 75.9 cm³/mol. The Morgan fingerprint density at radius 2 is 2.10 bits per heavy atom.